The number of hydrogen-bond acceptors (Lipinski definition) is 6. The Morgan fingerprint density at radius 2 is 1.88 bits per heavy atom. The molecule has 0 amide bonds. The number of thiazole rings is 1. The summed E-state index contributed by atoms with van der Waals surface area (Å²) in [6, 6.07) is 6.56. The second kappa shape index (κ2) is 8.82. The van der Waals surface area contributed by atoms with Crippen LogP contribution in [0, 0.1) is 10.1 Å². The average Bonchev–Trinajstić information content (AvgIpc) is 2.95. The molecule has 2 rings (SSSR count). The molecule has 0 fully saturated rings. The van der Waals surface area contributed by atoms with Crippen LogP contribution in [0.25, 0.3) is 0 Å². The molecule has 9 heteroatoms. The van der Waals surface area contributed by atoms with E-state index < -0.39 is 6.16 Å². The number of hydrogen-bond donors (Lipinski definition) is 2. The predicted octanol–water partition coefficient (Wildman–Crippen LogP) is 4.03. The SMILES string of the molecule is CC(C)c1nc(CN(C)c2ccc([N+](=O)[O-])cc2)cs1.O=C(O)O. The first-order valence-corrected chi connectivity index (χ1v) is 7.90. The zero-order chi connectivity index (χ0) is 18.3. The van der Waals surface area contributed by atoms with Crippen molar-refractivity contribution < 1.29 is 19.9 Å². The van der Waals surface area contributed by atoms with E-state index in [2.05, 4.69) is 24.2 Å². The Morgan fingerprint density at radius 3 is 2.29 bits per heavy atom. The quantitative estimate of drug-likeness (QED) is 0.615. The number of carbonyl (C=O) groups is 1. The van der Waals surface area contributed by atoms with Gasteiger partial charge in [0.15, 0.2) is 0 Å². The maximum atomic E-state index is 10.6. The number of nitro benzene ring substituents is 1. The zero-order valence-corrected chi connectivity index (χ0v) is 14.4. The third kappa shape index (κ3) is 6.21. The number of aromatic nitrogens is 1. The second-order valence-corrected chi connectivity index (χ2v) is 6.13. The highest BCUT2D eigenvalue weighted by Gasteiger charge is 2.10. The van der Waals surface area contributed by atoms with E-state index in [4.69, 9.17) is 15.0 Å². The summed E-state index contributed by atoms with van der Waals surface area (Å²) in [7, 11) is 1.95. The number of benzene rings is 1. The monoisotopic (exact) mass is 353 g/mol. The van der Waals surface area contributed by atoms with Crippen molar-refractivity contribution >= 4 is 28.9 Å². The van der Waals surface area contributed by atoms with E-state index in [-0.39, 0.29) is 10.6 Å². The Bertz CT molecular complexity index is 681. The summed E-state index contributed by atoms with van der Waals surface area (Å²) >= 11 is 1.67. The van der Waals surface area contributed by atoms with Crippen molar-refractivity contribution in [2.75, 3.05) is 11.9 Å². The van der Waals surface area contributed by atoms with Crippen molar-refractivity contribution in [2.45, 2.75) is 26.3 Å². The van der Waals surface area contributed by atoms with Gasteiger partial charge in [0.05, 0.1) is 22.2 Å². The van der Waals surface area contributed by atoms with Crippen molar-refractivity contribution in [2.24, 2.45) is 0 Å². The summed E-state index contributed by atoms with van der Waals surface area (Å²) in [5.41, 5.74) is 2.08. The van der Waals surface area contributed by atoms with E-state index in [0.717, 1.165) is 16.4 Å². The Morgan fingerprint density at radius 1 is 1.33 bits per heavy atom. The summed E-state index contributed by atoms with van der Waals surface area (Å²) in [4.78, 5) is 25.4. The Balaban J connectivity index is 0.000000648. The minimum atomic E-state index is -1.83. The van der Waals surface area contributed by atoms with Gasteiger partial charge in [-0.15, -0.1) is 11.3 Å². The molecule has 0 atom stereocenters. The minimum absolute atomic E-state index is 0.109. The molecule has 2 aromatic rings. The number of carboxylic acid groups (broad SMARTS) is 2. The van der Waals surface area contributed by atoms with Gasteiger partial charge in [-0.2, -0.15) is 0 Å². The van der Waals surface area contributed by atoms with E-state index in [1.165, 1.54) is 12.1 Å². The highest BCUT2D eigenvalue weighted by Crippen LogP contribution is 2.23. The van der Waals surface area contributed by atoms with Crippen LogP contribution < -0.4 is 4.90 Å². The van der Waals surface area contributed by atoms with Crippen LogP contribution >= 0.6 is 11.3 Å². The van der Waals surface area contributed by atoms with Gasteiger partial charge in [-0.25, -0.2) is 9.78 Å². The molecule has 0 bridgehead atoms. The number of rotatable bonds is 5. The Hall–Kier alpha value is -2.68. The van der Waals surface area contributed by atoms with Gasteiger partial charge >= 0.3 is 6.16 Å². The first-order chi connectivity index (χ1) is 11.2. The molecule has 0 unspecified atom stereocenters. The summed E-state index contributed by atoms with van der Waals surface area (Å²) in [5.74, 6) is 0.443. The standard InChI is InChI=1S/C14H17N3O2S.CH2O3/c1-10(2)14-15-11(9-20-14)8-16(3)12-4-6-13(7-5-12)17(18)19;2-1(3)4/h4-7,9-10H,8H2,1-3H3;(H2,2,3,4). The molecule has 1 aromatic heterocycles. The van der Waals surface area contributed by atoms with Gasteiger partial charge in [-0.05, 0) is 12.1 Å². The average molecular weight is 353 g/mol. The van der Waals surface area contributed by atoms with E-state index in [1.807, 2.05) is 11.9 Å². The lowest BCUT2D eigenvalue weighted by Gasteiger charge is -2.17. The van der Waals surface area contributed by atoms with Crippen molar-refractivity contribution in [1.29, 1.82) is 0 Å². The highest BCUT2D eigenvalue weighted by molar-refractivity contribution is 7.09. The van der Waals surface area contributed by atoms with Crippen LogP contribution in [-0.2, 0) is 6.54 Å². The molecule has 0 saturated carbocycles. The van der Waals surface area contributed by atoms with Gasteiger partial charge in [0.25, 0.3) is 5.69 Å². The third-order valence-corrected chi connectivity index (χ3v) is 4.16. The Kier molecular flexibility index (Phi) is 7.12. The smallest absolute Gasteiger partial charge is 0.450 e. The van der Waals surface area contributed by atoms with E-state index in [0.29, 0.717) is 12.5 Å². The lowest BCUT2D eigenvalue weighted by Crippen LogP contribution is -2.16. The number of nitrogens with zero attached hydrogens (tertiary/aromatic N) is 3. The van der Waals surface area contributed by atoms with E-state index in [9.17, 15) is 10.1 Å². The molecule has 8 nitrogen and oxygen atoms in total. The normalized spacial score (nSPS) is 10.0. The fourth-order valence-electron chi connectivity index (χ4n) is 1.82. The number of non-ortho nitro benzene ring substituents is 1. The largest absolute Gasteiger partial charge is 0.503 e. The summed E-state index contributed by atoms with van der Waals surface area (Å²) in [5, 5.41) is 27.8. The number of nitro groups is 1. The summed E-state index contributed by atoms with van der Waals surface area (Å²) < 4.78 is 0. The maximum Gasteiger partial charge on any atom is 0.503 e. The third-order valence-electron chi connectivity index (χ3n) is 2.96. The molecular formula is C15H19N3O5S. The van der Waals surface area contributed by atoms with Gasteiger partial charge < -0.3 is 15.1 Å². The van der Waals surface area contributed by atoms with Crippen LogP contribution in [-0.4, -0.2) is 33.3 Å². The molecule has 0 aliphatic heterocycles. The topological polar surface area (TPSA) is 117 Å². The molecule has 1 heterocycles. The van der Waals surface area contributed by atoms with Crippen LogP contribution in [0.1, 0.15) is 30.5 Å². The van der Waals surface area contributed by atoms with Gasteiger partial charge in [-0.3, -0.25) is 10.1 Å². The predicted molar refractivity (Wildman–Crippen MR) is 92.1 cm³/mol. The molecule has 1 aromatic carbocycles. The lowest BCUT2D eigenvalue weighted by molar-refractivity contribution is -0.384. The van der Waals surface area contributed by atoms with Gasteiger partial charge in [0, 0.05) is 36.2 Å². The van der Waals surface area contributed by atoms with Gasteiger partial charge in [0.2, 0.25) is 0 Å². The van der Waals surface area contributed by atoms with E-state index in [1.54, 1.807) is 23.5 Å². The summed E-state index contributed by atoms with van der Waals surface area (Å²) in [6.07, 6.45) is -1.83. The fraction of sp³-hybridized carbons (Fsp3) is 0.333. The molecule has 0 spiro atoms. The van der Waals surface area contributed by atoms with Crippen molar-refractivity contribution in [1.82, 2.24) is 4.98 Å². The lowest BCUT2D eigenvalue weighted by atomic mass is 10.2. The van der Waals surface area contributed by atoms with Crippen LogP contribution in [0.15, 0.2) is 29.6 Å². The first kappa shape index (κ1) is 19.4. The molecule has 0 radical (unpaired) electrons. The Labute approximate surface area is 143 Å². The number of anilines is 1. The molecule has 130 valence electrons. The molecule has 0 saturated heterocycles. The minimum Gasteiger partial charge on any atom is -0.450 e. The molecule has 0 aliphatic rings. The molecule has 2 N–H and O–H groups in total. The molecule has 24 heavy (non-hydrogen) atoms. The van der Waals surface area contributed by atoms with Gasteiger partial charge in [0.1, 0.15) is 0 Å². The van der Waals surface area contributed by atoms with Crippen LogP contribution in [0.2, 0.25) is 0 Å². The summed E-state index contributed by atoms with van der Waals surface area (Å²) in [6.45, 7) is 4.95. The van der Waals surface area contributed by atoms with Crippen LogP contribution in [0.3, 0.4) is 0 Å². The molecule has 0 aliphatic carbocycles. The molecular weight excluding hydrogens is 334 g/mol. The second-order valence-electron chi connectivity index (χ2n) is 5.24. The van der Waals surface area contributed by atoms with Crippen LogP contribution in [0.5, 0.6) is 0 Å². The maximum absolute atomic E-state index is 10.6. The van der Waals surface area contributed by atoms with Crippen molar-refractivity contribution in [3.8, 4) is 0 Å². The van der Waals surface area contributed by atoms with Crippen molar-refractivity contribution in [3.05, 3.63) is 50.5 Å². The van der Waals surface area contributed by atoms with Crippen molar-refractivity contribution in [3.63, 3.8) is 0 Å². The van der Waals surface area contributed by atoms with Crippen LogP contribution in [0.4, 0.5) is 16.2 Å². The zero-order valence-electron chi connectivity index (χ0n) is 13.5. The van der Waals surface area contributed by atoms with Gasteiger partial charge in [-0.1, -0.05) is 13.8 Å². The van der Waals surface area contributed by atoms with E-state index >= 15 is 0 Å². The highest BCUT2D eigenvalue weighted by atomic mass is 32.1. The fourth-order valence-corrected chi connectivity index (χ4v) is 2.65. The first-order valence-electron chi connectivity index (χ1n) is 7.02.